The van der Waals surface area contributed by atoms with Gasteiger partial charge >= 0.3 is 0 Å². The van der Waals surface area contributed by atoms with Crippen LogP contribution in [0.2, 0.25) is 0 Å². The fourth-order valence-electron chi connectivity index (χ4n) is 4.09. The van der Waals surface area contributed by atoms with E-state index in [1.165, 1.54) is 11.1 Å². The van der Waals surface area contributed by atoms with Gasteiger partial charge in [-0.3, -0.25) is 0 Å². The number of aromatic nitrogens is 4. The third-order valence-corrected chi connectivity index (χ3v) is 5.63. The molecule has 0 atom stereocenters. The summed E-state index contributed by atoms with van der Waals surface area (Å²) in [6.07, 6.45) is 2.13. The first-order valence-electron chi connectivity index (χ1n) is 10.0. The van der Waals surface area contributed by atoms with Gasteiger partial charge < -0.3 is 19.1 Å². The largest absolute Gasteiger partial charge is 0.490 e. The molecule has 2 aliphatic heterocycles. The molecule has 8 heteroatoms. The van der Waals surface area contributed by atoms with E-state index >= 15 is 0 Å². The van der Waals surface area contributed by atoms with Crippen LogP contribution in [0.4, 0.5) is 5.82 Å². The van der Waals surface area contributed by atoms with Crippen molar-refractivity contribution in [3.05, 3.63) is 46.8 Å². The van der Waals surface area contributed by atoms with Gasteiger partial charge in [-0.15, -0.1) is 15.3 Å². The lowest BCUT2D eigenvalue weighted by Gasteiger charge is -2.33. The second kappa shape index (κ2) is 7.61. The Morgan fingerprint density at radius 3 is 2.76 bits per heavy atom. The van der Waals surface area contributed by atoms with E-state index in [1.807, 2.05) is 6.07 Å². The zero-order chi connectivity index (χ0) is 19.8. The Labute approximate surface area is 169 Å². The number of hydrogen-bond acceptors (Lipinski definition) is 7. The third-order valence-electron chi connectivity index (χ3n) is 5.63. The topological polar surface area (TPSA) is 74.0 Å². The van der Waals surface area contributed by atoms with Gasteiger partial charge in [-0.2, -0.15) is 4.52 Å². The number of rotatable bonds is 5. The first kappa shape index (κ1) is 18.3. The molecule has 4 heterocycles. The molecule has 0 spiro atoms. The minimum atomic E-state index is 0.217. The number of anilines is 1. The van der Waals surface area contributed by atoms with E-state index in [2.05, 4.69) is 40.2 Å². The smallest absolute Gasteiger partial charge is 0.180 e. The van der Waals surface area contributed by atoms with Crippen molar-refractivity contribution in [1.29, 1.82) is 0 Å². The van der Waals surface area contributed by atoms with E-state index in [9.17, 15) is 0 Å². The monoisotopic (exact) mass is 395 g/mol. The summed E-state index contributed by atoms with van der Waals surface area (Å²) in [6, 6.07) is 8.33. The number of fused-ring (bicyclic) bond motifs is 2. The van der Waals surface area contributed by atoms with Crippen molar-refractivity contribution in [2.45, 2.75) is 45.7 Å². The molecule has 29 heavy (non-hydrogen) atoms. The summed E-state index contributed by atoms with van der Waals surface area (Å²) in [5.74, 6) is 2.63. The number of methoxy groups -OCH3 is 1. The second-order valence-electron chi connectivity index (χ2n) is 7.70. The molecule has 152 valence electrons. The van der Waals surface area contributed by atoms with Gasteiger partial charge in [0.05, 0.1) is 13.2 Å². The first-order chi connectivity index (χ1) is 14.2. The molecule has 8 nitrogen and oxygen atoms in total. The van der Waals surface area contributed by atoms with Crippen molar-refractivity contribution in [2.75, 3.05) is 25.1 Å². The van der Waals surface area contributed by atoms with E-state index in [1.54, 1.807) is 11.6 Å². The zero-order valence-electron chi connectivity index (χ0n) is 16.8. The summed E-state index contributed by atoms with van der Waals surface area (Å²) >= 11 is 0. The van der Waals surface area contributed by atoms with Crippen LogP contribution in [-0.2, 0) is 29.3 Å². The predicted molar refractivity (Wildman–Crippen MR) is 107 cm³/mol. The SMILES string of the molecule is COCc1nnc2cc(C)c(N3CCC(Oc4ccc5c(c4)COC5)CC3)nn12. The van der Waals surface area contributed by atoms with Gasteiger partial charge in [0.2, 0.25) is 0 Å². The van der Waals surface area contributed by atoms with Crippen LogP contribution in [0.5, 0.6) is 5.75 Å². The lowest BCUT2D eigenvalue weighted by atomic mass is 10.1. The van der Waals surface area contributed by atoms with Gasteiger partial charge in [0.15, 0.2) is 17.3 Å². The minimum Gasteiger partial charge on any atom is -0.490 e. The van der Waals surface area contributed by atoms with Crippen molar-refractivity contribution < 1.29 is 14.2 Å². The van der Waals surface area contributed by atoms with Gasteiger partial charge in [0.1, 0.15) is 18.5 Å². The van der Waals surface area contributed by atoms with Gasteiger partial charge in [0, 0.05) is 33.0 Å². The molecule has 5 rings (SSSR count). The minimum absolute atomic E-state index is 0.217. The standard InChI is InChI=1S/C21H25N5O3/c1-14-9-19-22-23-20(13-27-2)26(19)24-21(14)25-7-5-17(6-8-25)29-18-4-3-15-11-28-12-16(15)10-18/h3-4,9-10,17H,5-8,11-13H2,1-2H3. The van der Waals surface area contributed by atoms with Crippen molar-refractivity contribution in [2.24, 2.45) is 0 Å². The Morgan fingerprint density at radius 2 is 1.93 bits per heavy atom. The normalized spacial score (nSPS) is 17.1. The number of piperidine rings is 1. The van der Waals surface area contributed by atoms with Gasteiger partial charge in [-0.1, -0.05) is 6.07 Å². The Kier molecular flexibility index (Phi) is 4.81. The molecule has 0 aliphatic carbocycles. The molecule has 0 N–H and O–H groups in total. The molecule has 0 saturated carbocycles. The van der Waals surface area contributed by atoms with Gasteiger partial charge in [0.25, 0.3) is 0 Å². The van der Waals surface area contributed by atoms with Crippen molar-refractivity contribution in [3.63, 3.8) is 0 Å². The van der Waals surface area contributed by atoms with E-state index in [0.29, 0.717) is 25.6 Å². The molecule has 2 aromatic heterocycles. The number of nitrogens with zero attached hydrogens (tertiary/aromatic N) is 5. The Bertz CT molecular complexity index is 1030. The zero-order valence-corrected chi connectivity index (χ0v) is 16.8. The summed E-state index contributed by atoms with van der Waals surface area (Å²) in [5, 5.41) is 13.2. The molecule has 0 bridgehead atoms. The number of ether oxygens (including phenoxy) is 3. The van der Waals surface area contributed by atoms with E-state index in [-0.39, 0.29) is 6.10 Å². The quantitative estimate of drug-likeness (QED) is 0.657. The fraction of sp³-hybridized carbons (Fsp3) is 0.476. The molecule has 0 radical (unpaired) electrons. The van der Waals surface area contributed by atoms with Crippen LogP contribution in [-0.4, -0.2) is 46.1 Å². The van der Waals surface area contributed by atoms with Gasteiger partial charge in [-0.05, 0) is 41.8 Å². The number of aryl methyl sites for hydroxylation is 1. The highest BCUT2D eigenvalue weighted by Gasteiger charge is 2.24. The molecule has 0 amide bonds. The Morgan fingerprint density at radius 1 is 1.10 bits per heavy atom. The van der Waals surface area contributed by atoms with Crippen LogP contribution in [0.15, 0.2) is 24.3 Å². The maximum absolute atomic E-state index is 6.26. The van der Waals surface area contributed by atoms with E-state index in [0.717, 1.165) is 48.7 Å². The maximum Gasteiger partial charge on any atom is 0.180 e. The Hall–Kier alpha value is -2.71. The van der Waals surface area contributed by atoms with Crippen LogP contribution < -0.4 is 9.64 Å². The second-order valence-corrected chi connectivity index (χ2v) is 7.70. The molecule has 1 saturated heterocycles. The number of benzene rings is 1. The van der Waals surface area contributed by atoms with Crippen LogP contribution >= 0.6 is 0 Å². The lowest BCUT2D eigenvalue weighted by molar-refractivity contribution is 0.134. The summed E-state index contributed by atoms with van der Waals surface area (Å²) < 4.78 is 18.7. The van der Waals surface area contributed by atoms with Gasteiger partial charge in [-0.25, -0.2) is 0 Å². The highest BCUT2D eigenvalue weighted by Crippen LogP contribution is 2.28. The highest BCUT2D eigenvalue weighted by molar-refractivity contribution is 5.52. The number of hydrogen-bond donors (Lipinski definition) is 0. The highest BCUT2D eigenvalue weighted by atomic mass is 16.5. The summed E-state index contributed by atoms with van der Waals surface area (Å²) in [4.78, 5) is 2.32. The molecule has 1 aromatic carbocycles. The van der Waals surface area contributed by atoms with Crippen LogP contribution in [0.1, 0.15) is 35.4 Å². The molecule has 1 fully saturated rings. The molecule has 3 aromatic rings. The van der Waals surface area contributed by atoms with E-state index < -0.39 is 0 Å². The summed E-state index contributed by atoms with van der Waals surface area (Å²) in [7, 11) is 1.65. The third kappa shape index (κ3) is 3.54. The maximum atomic E-state index is 6.26. The predicted octanol–water partition coefficient (Wildman–Crippen LogP) is 2.66. The lowest BCUT2D eigenvalue weighted by Crippen LogP contribution is -2.39. The van der Waals surface area contributed by atoms with Crippen molar-refractivity contribution >= 4 is 11.5 Å². The summed E-state index contributed by atoms with van der Waals surface area (Å²) in [6.45, 7) is 5.66. The molecule has 0 unspecified atom stereocenters. The van der Waals surface area contributed by atoms with Crippen molar-refractivity contribution in [1.82, 2.24) is 19.8 Å². The average molecular weight is 395 g/mol. The average Bonchev–Trinajstić information content (AvgIpc) is 3.35. The van der Waals surface area contributed by atoms with E-state index in [4.69, 9.17) is 19.3 Å². The van der Waals surface area contributed by atoms with Crippen molar-refractivity contribution in [3.8, 4) is 5.75 Å². The summed E-state index contributed by atoms with van der Waals surface area (Å²) in [5.41, 5.74) is 4.36. The van der Waals surface area contributed by atoms with Crippen LogP contribution in [0.3, 0.4) is 0 Å². The fourth-order valence-corrected chi connectivity index (χ4v) is 4.09. The van der Waals surface area contributed by atoms with Crippen LogP contribution in [0.25, 0.3) is 5.65 Å². The van der Waals surface area contributed by atoms with Crippen LogP contribution in [0, 0.1) is 6.92 Å². The molecule has 2 aliphatic rings. The Balaban J connectivity index is 1.28. The molecular formula is C21H25N5O3. The first-order valence-corrected chi connectivity index (χ1v) is 10.0. The molecular weight excluding hydrogens is 370 g/mol.